The smallest absolute Gasteiger partial charge is 0.145 e. The van der Waals surface area contributed by atoms with E-state index in [-0.39, 0.29) is 0 Å². The van der Waals surface area contributed by atoms with Crippen LogP contribution in [0.25, 0.3) is 33.2 Å². The first-order valence-corrected chi connectivity index (χ1v) is 13.3. The standard InChI is InChI=1S/C33H26N6/c1-3-7-30-26(5-1)28-18-34-20-36-32(28)38(30)24-13-9-22(10-14-24)17-23-11-15-25(16-12-23)39-31-8-4-2-6-27(31)29-19-35-21-37-33(29)39/h1-16,18,21,36H,17,19-20H2,(H,35,37). The van der Waals surface area contributed by atoms with Crippen LogP contribution in [0.1, 0.15) is 22.3 Å². The van der Waals surface area contributed by atoms with Crippen LogP contribution in [0, 0.1) is 0 Å². The summed E-state index contributed by atoms with van der Waals surface area (Å²) in [6, 6.07) is 34.8. The van der Waals surface area contributed by atoms with Gasteiger partial charge in [-0.2, -0.15) is 0 Å². The highest BCUT2D eigenvalue weighted by molar-refractivity contribution is 6.07. The van der Waals surface area contributed by atoms with Gasteiger partial charge in [-0.05, 0) is 53.9 Å². The molecule has 0 spiro atoms. The van der Waals surface area contributed by atoms with E-state index in [1.165, 1.54) is 38.5 Å². The van der Waals surface area contributed by atoms with Crippen LogP contribution in [0.2, 0.25) is 0 Å². The van der Waals surface area contributed by atoms with Crippen molar-refractivity contribution >= 4 is 46.0 Å². The van der Waals surface area contributed by atoms with Crippen LogP contribution in [-0.2, 0) is 13.0 Å². The lowest BCUT2D eigenvalue weighted by atomic mass is 10.0. The molecule has 0 bridgehead atoms. The van der Waals surface area contributed by atoms with E-state index in [1.807, 2.05) is 6.21 Å². The molecular formula is C33H26N6. The van der Waals surface area contributed by atoms with Gasteiger partial charge in [0.2, 0.25) is 0 Å². The summed E-state index contributed by atoms with van der Waals surface area (Å²) >= 11 is 0. The highest BCUT2D eigenvalue weighted by Crippen LogP contribution is 2.37. The molecule has 2 aliphatic rings. The van der Waals surface area contributed by atoms with E-state index in [1.54, 1.807) is 6.34 Å². The average Bonchev–Trinajstić information content (AvgIpc) is 3.51. The number of benzene rings is 4. The monoisotopic (exact) mass is 506 g/mol. The maximum atomic E-state index is 4.68. The summed E-state index contributed by atoms with van der Waals surface area (Å²) in [7, 11) is 0. The lowest BCUT2D eigenvalue weighted by Gasteiger charge is -2.15. The molecule has 0 fully saturated rings. The number of nitrogens with zero attached hydrogens (tertiary/aromatic N) is 4. The minimum absolute atomic E-state index is 0.599. The van der Waals surface area contributed by atoms with E-state index in [9.17, 15) is 0 Å². The SMILES string of the molecule is C1=NCNc2c1c1ccccc1n2-c1ccc(Cc2ccc(-n3c4c(c5ccccc53)CNC=N4)cc2)cc1. The molecular weight excluding hydrogens is 480 g/mol. The molecule has 6 aromatic rings. The van der Waals surface area contributed by atoms with E-state index in [4.69, 9.17) is 0 Å². The first-order valence-electron chi connectivity index (χ1n) is 13.3. The Morgan fingerprint density at radius 2 is 1.33 bits per heavy atom. The van der Waals surface area contributed by atoms with Crippen molar-refractivity contribution in [2.75, 3.05) is 12.0 Å². The zero-order valence-corrected chi connectivity index (χ0v) is 21.3. The minimum atomic E-state index is 0.599. The summed E-state index contributed by atoms with van der Waals surface area (Å²) in [5.74, 6) is 2.12. The molecule has 0 saturated carbocycles. The van der Waals surface area contributed by atoms with Gasteiger partial charge in [-0.25, -0.2) is 4.99 Å². The quantitative estimate of drug-likeness (QED) is 0.279. The van der Waals surface area contributed by atoms with Gasteiger partial charge in [0.1, 0.15) is 18.3 Å². The number of aliphatic imine (C=N–C) groups is 2. The molecule has 0 aliphatic carbocycles. The van der Waals surface area contributed by atoms with Crippen LogP contribution in [0.3, 0.4) is 0 Å². The fourth-order valence-electron chi connectivity index (χ4n) is 5.98. The van der Waals surface area contributed by atoms with Gasteiger partial charge in [-0.15, -0.1) is 0 Å². The van der Waals surface area contributed by atoms with Crippen LogP contribution in [0.5, 0.6) is 0 Å². The first kappa shape index (κ1) is 21.9. The van der Waals surface area contributed by atoms with Crippen LogP contribution in [0.4, 0.5) is 11.6 Å². The molecule has 6 heteroatoms. The Morgan fingerprint density at radius 1 is 0.692 bits per heavy atom. The molecule has 4 aromatic carbocycles. The van der Waals surface area contributed by atoms with E-state index in [2.05, 4.69) is 127 Å². The van der Waals surface area contributed by atoms with Crippen molar-refractivity contribution in [1.82, 2.24) is 14.5 Å². The number of nitrogens with one attached hydrogen (secondary N) is 2. The molecule has 0 saturated heterocycles. The van der Waals surface area contributed by atoms with Gasteiger partial charge < -0.3 is 10.6 Å². The third-order valence-corrected chi connectivity index (χ3v) is 7.78. The van der Waals surface area contributed by atoms with Gasteiger partial charge >= 0.3 is 0 Å². The second kappa shape index (κ2) is 8.74. The number of hydrogen-bond donors (Lipinski definition) is 2. The van der Waals surface area contributed by atoms with Gasteiger partial charge in [0.25, 0.3) is 0 Å². The summed E-state index contributed by atoms with van der Waals surface area (Å²) in [6.45, 7) is 1.40. The Bertz CT molecular complexity index is 1920. The van der Waals surface area contributed by atoms with Crippen molar-refractivity contribution in [3.63, 3.8) is 0 Å². The van der Waals surface area contributed by atoms with Crippen LogP contribution in [0.15, 0.2) is 107 Å². The largest absolute Gasteiger partial charge is 0.372 e. The minimum Gasteiger partial charge on any atom is -0.372 e. The molecule has 0 radical (unpaired) electrons. The predicted octanol–water partition coefficient (Wildman–Crippen LogP) is 6.73. The molecule has 0 amide bonds. The molecule has 2 aliphatic heterocycles. The molecule has 2 N–H and O–H groups in total. The molecule has 4 heterocycles. The number of rotatable bonds is 4. The van der Waals surface area contributed by atoms with Crippen molar-refractivity contribution in [2.24, 2.45) is 9.98 Å². The maximum absolute atomic E-state index is 4.68. The summed E-state index contributed by atoms with van der Waals surface area (Å²) in [6.07, 6.45) is 4.66. The molecule has 188 valence electrons. The zero-order valence-electron chi connectivity index (χ0n) is 21.3. The molecule has 6 nitrogen and oxygen atoms in total. The van der Waals surface area contributed by atoms with Gasteiger partial charge in [0, 0.05) is 46.0 Å². The van der Waals surface area contributed by atoms with Crippen molar-refractivity contribution in [3.8, 4) is 11.4 Å². The summed E-state index contributed by atoms with van der Waals surface area (Å²) < 4.78 is 4.57. The van der Waals surface area contributed by atoms with Gasteiger partial charge in [-0.3, -0.25) is 14.1 Å². The highest BCUT2D eigenvalue weighted by Gasteiger charge is 2.20. The average molecular weight is 507 g/mol. The number of para-hydroxylation sites is 2. The summed E-state index contributed by atoms with van der Waals surface area (Å²) in [4.78, 5) is 9.12. The van der Waals surface area contributed by atoms with Gasteiger partial charge in [0.15, 0.2) is 0 Å². The Labute approximate surface area is 226 Å². The third-order valence-electron chi connectivity index (χ3n) is 7.78. The van der Waals surface area contributed by atoms with Crippen LogP contribution in [-0.4, -0.2) is 28.4 Å². The summed E-state index contributed by atoms with van der Waals surface area (Å²) in [5.41, 5.74) is 9.61. The molecule has 39 heavy (non-hydrogen) atoms. The number of fused-ring (bicyclic) bond motifs is 6. The van der Waals surface area contributed by atoms with Gasteiger partial charge in [-0.1, -0.05) is 60.7 Å². The number of hydrogen-bond acceptors (Lipinski definition) is 4. The van der Waals surface area contributed by atoms with E-state index in [0.29, 0.717) is 6.67 Å². The Morgan fingerprint density at radius 3 is 2.08 bits per heavy atom. The fourth-order valence-corrected chi connectivity index (χ4v) is 5.98. The highest BCUT2D eigenvalue weighted by atomic mass is 15.2. The van der Waals surface area contributed by atoms with Crippen molar-refractivity contribution in [1.29, 1.82) is 0 Å². The molecule has 0 unspecified atom stereocenters. The second-order valence-electron chi connectivity index (χ2n) is 10.1. The fraction of sp³-hybridized carbons (Fsp3) is 0.0909. The Kier molecular flexibility index (Phi) is 4.91. The van der Waals surface area contributed by atoms with Crippen molar-refractivity contribution in [2.45, 2.75) is 13.0 Å². The van der Waals surface area contributed by atoms with Crippen molar-refractivity contribution in [3.05, 3.63) is 119 Å². The number of anilines is 1. The zero-order chi connectivity index (χ0) is 25.8. The molecule has 2 aromatic heterocycles. The first-order chi connectivity index (χ1) is 19.3. The van der Waals surface area contributed by atoms with Crippen LogP contribution < -0.4 is 10.6 Å². The summed E-state index contributed by atoms with van der Waals surface area (Å²) in [5, 5.41) is 9.19. The normalized spacial score (nSPS) is 13.7. The third kappa shape index (κ3) is 3.49. The topological polar surface area (TPSA) is 58.6 Å². The van der Waals surface area contributed by atoms with E-state index >= 15 is 0 Å². The number of aromatic nitrogens is 2. The van der Waals surface area contributed by atoms with E-state index in [0.717, 1.165) is 41.5 Å². The molecule has 8 rings (SSSR count). The van der Waals surface area contributed by atoms with Crippen LogP contribution >= 0.6 is 0 Å². The maximum Gasteiger partial charge on any atom is 0.145 e. The Balaban J connectivity index is 1.10. The van der Waals surface area contributed by atoms with E-state index < -0.39 is 0 Å². The van der Waals surface area contributed by atoms with Crippen molar-refractivity contribution < 1.29 is 0 Å². The lowest BCUT2D eigenvalue weighted by Crippen LogP contribution is -2.14. The second-order valence-corrected chi connectivity index (χ2v) is 10.1. The Hall–Kier alpha value is -5.10. The van der Waals surface area contributed by atoms with Gasteiger partial charge in [0.05, 0.1) is 17.4 Å². The predicted molar refractivity (Wildman–Crippen MR) is 160 cm³/mol. The molecule has 0 atom stereocenters. The lowest BCUT2D eigenvalue weighted by molar-refractivity contribution is 0.906.